The van der Waals surface area contributed by atoms with E-state index in [9.17, 15) is 14.3 Å². The van der Waals surface area contributed by atoms with Crippen molar-refractivity contribution in [2.45, 2.75) is 44.1 Å². The van der Waals surface area contributed by atoms with Crippen LogP contribution in [0.1, 0.15) is 32.4 Å². The van der Waals surface area contributed by atoms with Crippen molar-refractivity contribution in [1.82, 2.24) is 19.5 Å². The summed E-state index contributed by atoms with van der Waals surface area (Å²) in [6.07, 6.45) is 5.93. The first-order chi connectivity index (χ1) is 15.4. The molecule has 32 heavy (non-hydrogen) atoms. The van der Waals surface area contributed by atoms with Crippen molar-refractivity contribution < 1.29 is 33.2 Å². The average Bonchev–Trinajstić information content (AvgIpc) is 3.33. The number of imidazole rings is 1. The minimum Gasteiger partial charge on any atom is -0.460 e. The number of rotatable bonds is 11. The number of carbonyl (C=O) groups excluding carboxylic acids is 1. The summed E-state index contributed by atoms with van der Waals surface area (Å²) in [7, 11) is 0. The van der Waals surface area contributed by atoms with Crippen LogP contribution in [0, 0.1) is 18.4 Å². The van der Waals surface area contributed by atoms with Crippen LogP contribution in [-0.2, 0) is 23.7 Å². The molecule has 1 aliphatic heterocycles. The van der Waals surface area contributed by atoms with Gasteiger partial charge in [0.1, 0.15) is 25.5 Å². The Hall–Kier alpha value is -2.85. The van der Waals surface area contributed by atoms with Gasteiger partial charge in [-0.3, -0.25) is 4.57 Å². The normalized spacial score (nSPS) is 22.8. The molecule has 0 aliphatic carbocycles. The molecule has 0 bridgehead atoms. The minimum absolute atomic E-state index is 0.0321. The Labute approximate surface area is 184 Å². The molecule has 1 fully saturated rings. The Morgan fingerprint density at radius 2 is 2.22 bits per heavy atom. The van der Waals surface area contributed by atoms with Crippen LogP contribution in [0.4, 0.5) is 10.2 Å². The Bertz CT molecular complexity index is 979. The molecule has 0 aromatic carbocycles. The van der Waals surface area contributed by atoms with Crippen LogP contribution in [0.5, 0.6) is 0 Å². The lowest BCUT2D eigenvalue weighted by Gasteiger charge is -2.26. The summed E-state index contributed by atoms with van der Waals surface area (Å²) in [5, 5.41) is 10.5. The lowest BCUT2D eigenvalue weighted by atomic mass is 9.99. The van der Waals surface area contributed by atoms with E-state index in [0.29, 0.717) is 13.2 Å². The Kier molecular flexibility index (Phi) is 7.92. The van der Waals surface area contributed by atoms with E-state index in [1.807, 2.05) is 0 Å². The summed E-state index contributed by atoms with van der Waals surface area (Å²) in [4.78, 5) is 23.2. The zero-order valence-electron chi connectivity index (χ0n) is 17.7. The van der Waals surface area contributed by atoms with Gasteiger partial charge >= 0.3 is 12.0 Å². The van der Waals surface area contributed by atoms with Gasteiger partial charge in [-0.25, -0.2) is 9.78 Å². The molecule has 0 unspecified atom stereocenters. The second-order valence-corrected chi connectivity index (χ2v) is 7.24. The van der Waals surface area contributed by atoms with Crippen molar-refractivity contribution in [3.63, 3.8) is 0 Å². The summed E-state index contributed by atoms with van der Waals surface area (Å²) in [6.45, 7) is 2.64. The number of esters is 1. The van der Waals surface area contributed by atoms with E-state index >= 15 is 0 Å². The van der Waals surface area contributed by atoms with E-state index in [0.717, 1.165) is 12.8 Å². The molecule has 1 aliphatic rings. The molecule has 0 spiro atoms. The predicted molar refractivity (Wildman–Crippen MR) is 110 cm³/mol. The van der Waals surface area contributed by atoms with Crippen LogP contribution in [0.25, 0.3) is 11.2 Å². The zero-order chi connectivity index (χ0) is 23.1. The third kappa shape index (κ3) is 5.31. The number of nitrogens with two attached hydrogens (primary N) is 1. The van der Waals surface area contributed by atoms with Crippen molar-refractivity contribution in [2.24, 2.45) is 0 Å². The third-order valence-electron chi connectivity index (χ3n) is 4.97. The Morgan fingerprint density at radius 3 is 2.97 bits per heavy atom. The number of fused-ring (bicyclic) bond motifs is 1. The second-order valence-electron chi connectivity index (χ2n) is 7.24. The van der Waals surface area contributed by atoms with Gasteiger partial charge in [-0.1, -0.05) is 19.3 Å². The fourth-order valence-corrected chi connectivity index (χ4v) is 3.20. The summed E-state index contributed by atoms with van der Waals surface area (Å²) in [5.74, 6) is 1.57. The molecule has 3 N–H and O–H groups in total. The van der Waals surface area contributed by atoms with E-state index in [-0.39, 0.29) is 36.6 Å². The van der Waals surface area contributed by atoms with Gasteiger partial charge < -0.3 is 29.8 Å². The van der Waals surface area contributed by atoms with Gasteiger partial charge in [0.25, 0.3) is 0 Å². The molecule has 3 atom stereocenters. The number of hydrogen-bond donors (Lipinski definition) is 2. The van der Waals surface area contributed by atoms with E-state index < -0.39 is 36.6 Å². The third-order valence-corrected chi connectivity index (χ3v) is 4.97. The maximum absolute atomic E-state index is 13.6. The number of ether oxygens (including phenoxy) is 4. The van der Waals surface area contributed by atoms with Gasteiger partial charge in [-0.2, -0.15) is 14.4 Å². The standard InChI is InChI=1S/C20H26FN5O6/c1-3-5-6-29-7-8-30-10-15(28)31-11-20(4-2)13(27)9-14(32-20)26-12-23-16-17(22)24-19(21)25-18(16)26/h2,12-14,27H,3,5-11H2,1H3,(H2,22,24,25)/t13-,14+,20+/m0/s1. The number of nitrogens with zero attached hydrogens (tertiary/aromatic N) is 4. The highest BCUT2D eigenvalue weighted by Gasteiger charge is 2.49. The number of nitrogen functional groups attached to an aromatic ring is 1. The maximum Gasteiger partial charge on any atom is 0.332 e. The molecule has 3 heterocycles. The molecule has 12 heteroatoms. The first-order valence-electron chi connectivity index (χ1n) is 10.2. The van der Waals surface area contributed by atoms with E-state index in [4.69, 9.17) is 31.1 Å². The number of aliphatic hydroxyl groups excluding tert-OH is 1. The minimum atomic E-state index is -1.60. The highest BCUT2D eigenvalue weighted by molar-refractivity contribution is 5.81. The molecule has 1 saturated heterocycles. The molecular formula is C20H26FN5O6. The first kappa shape index (κ1) is 23.8. The summed E-state index contributed by atoms with van der Waals surface area (Å²) < 4.78 is 36.6. The lowest BCUT2D eigenvalue weighted by molar-refractivity contribution is -0.161. The number of aliphatic hydroxyl groups is 1. The highest BCUT2D eigenvalue weighted by atomic mass is 19.1. The van der Waals surface area contributed by atoms with Crippen LogP contribution in [0.3, 0.4) is 0 Å². The fraction of sp³-hybridized carbons (Fsp3) is 0.600. The van der Waals surface area contributed by atoms with Gasteiger partial charge in [0.2, 0.25) is 0 Å². The van der Waals surface area contributed by atoms with Crippen molar-refractivity contribution in [1.29, 1.82) is 0 Å². The number of hydrogen-bond acceptors (Lipinski definition) is 10. The van der Waals surface area contributed by atoms with E-state index in [1.54, 1.807) is 0 Å². The molecule has 0 amide bonds. The van der Waals surface area contributed by atoms with Crippen molar-refractivity contribution >= 4 is 23.0 Å². The van der Waals surface area contributed by atoms with Crippen LogP contribution in [0.2, 0.25) is 0 Å². The SMILES string of the molecule is C#C[C@]1(COC(=O)COCCOCCCC)O[C@@H](n2cnc3c(N)nc(F)nc32)C[C@@H]1O. The van der Waals surface area contributed by atoms with Crippen LogP contribution < -0.4 is 5.73 Å². The number of halogens is 1. The van der Waals surface area contributed by atoms with Gasteiger partial charge in [0.15, 0.2) is 22.6 Å². The first-order valence-corrected chi connectivity index (χ1v) is 10.2. The van der Waals surface area contributed by atoms with Crippen LogP contribution in [0.15, 0.2) is 6.33 Å². The van der Waals surface area contributed by atoms with Gasteiger partial charge in [-0.05, 0) is 6.42 Å². The number of unbranched alkanes of at least 4 members (excludes halogenated alkanes) is 1. The molecule has 3 rings (SSSR count). The fourth-order valence-electron chi connectivity index (χ4n) is 3.20. The molecule has 174 valence electrons. The predicted octanol–water partition coefficient (Wildman–Crippen LogP) is 0.576. The summed E-state index contributed by atoms with van der Waals surface area (Å²) in [5.41, 5.74) is 4.35. The quantitative estimate of drug-likeness (QED) is 0.215. The van der Waals surface area contributed by atoms with Crippen molar-refractivity contribution in [2.75, 3.05) is 38.8 Å². The van der Waals surface area contributed by atoms with Gasteiger partial charge in [0.05, 0.1) is 19.5 Å². The lowest BCUT2D eigenvalue weighted by Crippen LogP contribution is -2.43. The number of carbonyl (C=O) groups is 1. The highest BCUT2D eigenvalue weighted by Crippen LogP contribution is 2.38. The monoisotopic (exact) mass is 451 g/mol. The van der Waals surface area contributed by atoms with Crippen molar-refractivity contribution in [3.8, 4) is 12.3 Å². The van der Waals surface area contributed by atoms with E-state index in [1.165, 1.54) is 10.9 Å². The average molecular weight is 451 g/mol. The maximum atomic E-state index is 13.6. The zero-order valence-corrected chi connectivity index (χ0v) is 17.7. The van der Waals surface area contributed by atoms with Crippen molar-refractivity contribution in [3.05, 3.63) is 12.4 Å². The van der Waals surface area contributed by atoms with Crippen LogP contribution in [-0.4, -0.2) is 75.3 Å². The number of terminal acetylenes is 1. The number of anilines is 1. The van der Waals surface area contributed by atoms with Gasteiger partial charge in [-0.15, -0.1) is 6.42 Å². The van der Waals surface area contributed by atoms with Gasteiger partial charge in [0, 0.05) is 13.0 Å². The molecule has 0 saturated carbocycles. The Balaban J connectivity index is 1.56. The molecular weight excluding hydrogens is 425 g/mol. The molecule has 0 radical (unpaired) electrons. The van der Waals surface area contributed by atoms with E-state index in [2.05, 4.69) is 27.8 Å². The second kappa shape index (κ2) is 10.6. The smallest absolute Gasteiger partial charge is 0.332 e. The molecule has 2 aromatic rings. The molecule has 11 nitrogen and oxygen atoms in total. The molecule has 2 aromatic heterocycles. The summed E-state index contributed by atoms with van der Waals surface area (Å²) in [6, 6.07) is 0. The number of aromatic nitrogens is 4. The topological polar surface area (TPSA) is 144 Å². The largest absolute Gasteiger partial charge is 0.460 e. The Morgan fingerprint density at radius 1 is 1.44 bits per heavy atom. The van der Waals surface area contributed by atoms with Crippen LogP contribution >= 0.6 is 0 Å². The summed E-state index contributed by atoms with van der Waals surface area (Å²) >= 11 is 0.